The molecule has 0 atom stereocenters. The summed E-state index contributed by atoms with van der Waals surface area (Å²) in [5.74, 6) is 1.34. The average Bonchev–Trinajstić information content (AvgIpc) is 3.96. The smallest absolute Gasteiger partial charge is 0.121 e. The first-order valence-corrected chi connectivity index (χ1v) is 27.9. The number of hydrogen-bond donors (Lipinski definition) is 0. The molecule has 0 saturated heterocycles. The van der Waals surface area contributed by atoms with Crippen LogP contribution in [0.25, 0.3) is 105 Å². The van der Waals surface area contributed by atoms with E-state index in [2.05, 4.69) is 233 Å². The normalized spacial score (nSPS) is 11.7. The molecule has 0 spiro atoms. The SMILES string of the molecule is CC(C)c1cc(-c2ccc(-c3ccccc3)cc2)cc(C(C)C)c1-n1c(-c2[c-]ccc3c2oc2cc4c(ccc5ccccc54)cc23)nc2ccccc21.C[Si](C)(C)c1ccnc(-c2[c-]cccc2)c1.[Ir]. The number of pyridine rings is 1. The van der Waals surface area contributed by atoms with Crippen LogP contribution in [0.3, 0.4) is 0 Å². The summed E-state index contributed by atoms with van der Waals surface area (Å²) in [6.45, 7) is 16.2. The molecule has 6 heteroatoms. The largest absolute Gasteiger partial charge is 0.501 e. The van der Waals surface area contributed by atoms with E-state index in [1.807, 2.05) is 30.5 Å². The molecule has 71 heavy (non-hydrogen) atoms. The van der Waals surface area contributed by atoms with Gasteiger partial charge in [0.1, 0.15) is 5.58 Å². The van der Waals surface area contributed by atoms with Crippen LogP contribution in [0.1, 0.15) is 50.7 Å². The second-order valence-corrected chi connectivity index (χ2v) is 25.1. The van der Waals surface area contributed by atoms with E-state index in [1.54, 1.807) is 0 Å². The van der Waals surface area contributed by atoms with E-state index < -0.39 is 8.07 Å². The van der Waals surface area contributed by atoms with Crippen LogP contribution in [0.15, 0.2) is 199 Å². The maximum atomic E-state index is 6.87. The summed E-state index contributed by atoms with van der Waals surface area (Å²) >= 11 is 0. The van der Waals surface area contributed by atoms with Gasteiger partial charge < -0.3 is 14.0 Å². The topological polar surface area (TPSA) is 43.9 Å². The van der Waals surface area contributed by atoms with Gasteiger partial charge in [0.15, 0.2) is 0 Å². The molecule has 0 N–H and O–H groups in total. The Kier molecular flexibility index (Phi) is 13.1. The van der Waals surface area contributed by atoms with Gasteiger partial charge in [-0.05, 0) is 115 Å². The standard InChI is InChI=1S/C51H39N2O.C14H16NSi.Ir/c1-31(2)42-28-38(35-23-21-34(22-24-35)33-13-6-5-7-14-33)29-43(32(3)4)49(42)53-47-20-11-10-19-46(47)52-51(53)41-18-12-17-40-45-27-37-26-25-36-15-8-9-16-39(36)44(37)30-48(45)54-50(40)41;1-16(2,3)13-9-10-15-14(11-13)12-7-5-4-6-8-12;/h5-17,19-32H,1-4H3;4-7,9-11H,1-3H3;/q2*-1;. The molecule has 351 valence electrons. The first-order valence-electron chi connectivity index (χ1n) is 24.4. The number of nitrogens with zero attached hydrogens (tertiary/aromatic N) is 3. The summed E-state index contributed by atoms with van der Waals surface area (Å²) < 4.78 is 9.25. The predicted octanol–water partition coefficient (Wildman–Crippen LogP) is 17.4. The molecule has 12 aromatic rings. The number of benzene rings is 9. The molecule has 0 fully saturated rings. The zero-order chi connectivity index (χ0) is 48.1. The molecule has 9 aromatic carbocycles. The van der Waals surface area contributed by atoms with Crippen LogP contribution in [-0.4, -0.2) is 22.6 Å². The summed E-state index contributed by atoms with van der Waals surface area (Å²) in [5.41, 5.74) is 15.3. The van der Waals surface area contributed by atoms with Crippen LogP contribution in [0.2, 0.25) is 19.6 Å². The Hall–Kier alpha value is -7.21. The Morgan fingerprint density at radius 3 is 1.92 bits per heavy atom. The Balaban J connectivity index is 0.000000292. The molecule has 0 aliphatic heterocycles. The molecular weight excluding hydrogens is 1060 g/mol. The predicted molar refractivity (Wildman–Crippen MR) is 298 cm³/mol. The van der Waals surface area contributed by atoms with E-state index in [0.29, 0.717) is 0 Å². The van der Waals surface area contributed by atoms with E-state index in [9.17, 15) is 0 Å². The number of furan rings is 1. The zero-order valence-electron chi connectivity index (χ0n) is 41.2. The Morgan fingerprint density at radius 2 is 1.20 bits per heavy atom. The minimum absolute atomic E-state index is 0. The van der Waals surface area contributed by atoms with E-state index >= 15 is 0 Å². The fourth-order valence-electron chi connectivity index (χ4n) is 9.90. The van der Waals surface area contributed by atoms with Crippen LogP contribution in [0.5, 0.6) is 0 Å². The first kappa shape index (κ1) is 47.5. The third-order valence-electron chi connectivity index (χ3n) is 13.7. The number of aromatic nitrogens is 3. The zero-order valence-corrected chi connectivity index (χ0v) is 44.6. The molecule has 0 bridgehead atoms. The van der Waals surface area contributed by atoms with Crippen molar-refractivity contribution in [2.45, 2.75) is 59.2 Å². The quantitative estimate of drug-likeness (QED) is 0.0865. The van der Waals surface area contributed by atoms with Gasteiger partial charge in [-0.1, -0.05) is 173 Å². The van der Waals surface area contributed by atoms with Crippen molar-refractivity contribution in [3.05, 3.63) is 218 Å². The Bertz CT molecular complexity index is 3840. The molecule has 0 amide bonds. The maximum absolute atomic E-state index is 6.87. The second kappa shape index (κ2) is 19.5. The van der Waals surface area contributed by atoms with Gasteiger partial charge >= 0.3 is 0 Å². The van der Waals surface area contributed by atoms with Crippen molar-refractivity contribution in [1.29, 1.82) is 0 Å². The van der Waals surface area contributed by atoms with Crippen molar-refractivity contribution in [2.75, 3.05) is 0 Å². The van der Waals surface area contributed by atoms with Gasteiger partial charge in [-0.3, -0.25) is 4.98 Å². The molecule has 12 rings (SSSR count). The molecular formula is C65H55IrN3OSi-2. The summed E-state index contributed by atoms with van der Waals surface area (Å²) in [7, 11) is -1.25. The molecule has 3 aromatic heterocycles. The van der Waals surface area contributed by atoms with Crippen molar-refractivity contribution in [3.63, 3.8) is 0 Å². The van der Waals surface area contributed by atoms with Gasteiger partial charge in [-0.15, -0.1) is 54.1 Å². The summed E-state index contributed by atoms with van der Waals surface area (Å²) in [5, 5.41) is 8.44. The van der Waals surface area contributed by atoms with Crippen LogP contribution in [0, 0.1) is 12.1 Å². The number of fused-ring (bicyclic) bond motifs is 7. The minimum Gasteiger partial charge on any atom is -0.501 e. The minimum atomic E-state index is -1.25. The summed E-state index contributed by atoms with van der Waals surface area (Å²) in [6, 6.07) is 73.6. The molecule has 0 aliphatic rings. The van der Waals surface area contributed by atoms with Gasteiger partial charge in [0.2, 0.25) is 0 Å². The van der Waals surface area contributed by atoms with Crippen molar-refractivity contribution in [3.8, 4) is 50.6 Å². The van der Waals surface area contributed by atoms with Gasteiger partial charge in [-0.25, -0.2) is 0 Å². The first-order chi connectivity index (χ1) is 34.0. The number of rotatable bonds is 8. The Morgan fingerprint density at radius 1 is 0.535 bits per heavy atom. The van der Waals surface area contributed by atoms with Crippen molar-refractivity contribution >= 4 is 67.8 Å². The molecule has 3 heterocycles. The van der Waals surface area contributed by atoms with Gasteiger partial charge in [0.25, 0.3) is 0 Å². The fourth-order valence-corrected chi connectivity index (χ4v) is 11.0. The monoisotopic (exact) mass is 1110 g/mol. The van der Waals surface area contributed by atoms with E-state index in [-0.39, 0.29) is 31.9 Å². The third-order valence-corrected chi connectivity index (χ3v) is 15.7. The molecule has 0 aliphatic carbocycles. The molecule has 1 radical (unpaired) electrons. The van der Waals surface area contributed by atoms with Gasteiger partial charge in [0.05, 0.1) is 30.5 Å². The van der Waals surface area contributed by atoms with Crippen LogP contribution in [0.4, 0.5) is 0 Å². The number of imidazole rings is 1. The second-order valence-electron chi connectivity index (χ2n) is 20.0. The van der Waals surface area contributed by atoms with Crippen LogP contribution in [-0.2, 0) is 20.1 Å². The van der Waals surface area contributed by atoms with E-state index in [1.165, 1.54) is 65.8 Å². The molecule has 0 unspecified atom stereocenters. The number of para-hydroxylation sites is 2. The van der Waals surface area contributed by atoms with Crippen LogP contribution >= 0.6 is 0 Å². The average molecular weight is 1110 g/mol. The van der Waals surface area contributed by atoms with E-state index in [4.69, 9.17) is 9.40 Å². The van der Waals surface area contributed by atoms with Crippen molar-refractivity contribution in [1.82, 2.24) is 14.5 Å². The summed E-state index contributed by atoms with van der Waals surface area (Å²) in [4.78, 5) is 9.78. The van der Waals surface area contributed by atoms with Crippen LogP contribution < -0.4 is 5.19 Å². The molecule has 4 nitrogen and oxygen atoms in total. The Labute approximate surface area is 431 Å². The van der Waals surface area contributed by atoms with Gasteiger partial charge in [-0.2, -0.15) is 0 Å². The number of hydrogen-bond acceptors (Lipinski definition) is 3. The van der Waals surface area contributed by atoms with Crippen molar-refractivity contribution < 1.29 is 24.5 Å². The van der Waals surface area contributed by atoms with E-state index in [0.717, 1.165) is 55.6 Å². The summed E-state index contributed by atoms with van der Waals surface area (Å²) in [6.07, 6.45) is 1.91. The van der Waals surface area contributed by atoms with Gasteiger partial charge in [0, 0.05) is 37.4 Å². The maximum Gasteiger partial charge on any atom is 0.121 e. The fraction of sp³-hybridized carbons (Fsp3) is 0.138. The molecule has 0 saturated carbocycles. The van der Waals surface area contributed by atoms with Crippen molar-refractivity contribution in [2.24, 2.45) is 0 Å². The third kappa shape index (κ3) is 9.09.